The zero-order valence-corrected chi connectivity index (χ0v) is 18.3. The lowest BCUT2D eigenvalue weighted by Crippen LogP contribution is -2.50. The van der Waals surface area contributed by atoms with E-state index in [0.717, 1.165) is 36.4 Å². The number of carbonyl (C=O) groups excluding carboxylic acids is 2. The second kappa shape index (κ2) is 8.62. The van der Waals surface area contributed by atoms with Crippen molar-refractivity contribution in [2.24, 2.45) is 0 Å². The minimum absolute atomic E-state index is 0.148. The molecule has 0 spiro atoms. The molecule has 2 aliphatic rings. The largest absolute Gasteiger partial charge is 0.416 e. The van der Waals surface area contributed by atoms with E-state index < -0.39 is 11.7 Å². The first-order chi connectivity index (χ1) is 16.3. The van der Waals surface area contributed by atoms with Crippen LogP contribution >= 0.6 is 0 Å². The van der Waals surface area contributed by atoms with E-state index in [-0.39, 0.29) is 17.4 Å². The average Bonchev–Trinajstić information content (AvgIpc) is 3.61. The van der Waals surface area contributed by atoms with Crippen molar-refractivity contribution >= 4 is 11.8 Å². The number of hydrogen-bond acceptors (Lipinski definition) is 3. The predicted molar refractivity (Wildman–Crippen MR) is 119 cm³/mol. The highest BCUT2D eigenvalue weighted by molar-refractivity contribution is 5.95. The Morgan fingerprint density at radius 2 is 1.41 bits per heavy atom. The van der Waals surface area contributed by atoms with Crippen LogP contribution < -0.4 is 0 Å². The normalized spacial score (nSPS) is 16.6. The van der Waals surface area contributed by atoms with Crippen molar-refractivity contribution in [1.29, 1.82) is 0 Å². The standard InChI is InChI=1S/C25H23F3N4O2/c26-25(27,28)19-10-8-18(9-11-19)23(33)30-12-14-31(15-13-30)24(34)22-16-21(17-6-7-17)29-32(22)20-4-2-1-3-5-20/h1-5,8-11,16-17H,6-7,12-15H2. The topological polar surface area (TPSA) is 58.4 Å². The third kappa shape index (κ3) is 4.42. The quantitative estimate of drug-likeness (QED) is 0.572. The van der Waals surface area contributed by atoms with Gasteiger partial charge in [0, 0.05) is 37.7 Å². The van der Waals surface area contributed by atoms with Crippen molar-refractivity contribution in [2.75, 3.05) is 26.2 Å². The van der Waals surface area contributed by atoms with E-state index >= 15 is 0 Å². The highest BCUT2D eigenvalue weighted by Crippen LogP contribution is 2.40. The summed E-state index contributed by atoms with van der Waals surface area (Å²) in [6.45, 7) is 1.29. The third-order valence-electron chi connectivity index (χ3n) is 6.26. The number of para-hydroxylation sites is 1. The monoisotopic (exact) mass is 468 g/mol. The number of hydrogen-bond donors (Lipinski definition) is 0. The molecule has 0 atom stereocenters. The zero-order valence-electron chi connectivity index (χ0n) is 18.3. The maximum absolute atomic E-state index is 13.4. The van der Waals surface area contributed by atoms with Crippen LogP contribution in [-0.2, 0) is 6.18 Å². The number of halogens is 3. The molecule has 0 N–H and O–H groups in total. The Bertz CT molecular complexity index is 1190. The SMILES string of the molecule is O=C(c1ccc(C(F)(F)F)cc1)N1CCN(C(=O)c2cc(C3CC3)nn2-c2ccccc2)CC1. The summed E-state index contributed by atoms with van der Waals surface area (Å²) in [4.78, 5) is 29.4. The van der Waals surface area contributed by atoms with Crippen molar-refractivity contribution in [1.82, 2.24) is 19.6 Å². The summed E-state index contributed by atoms with van der Waals surface area (Å²) in [5, 5.41) is 4.69. The van der Waals surface area contributed by atoms with E-state index in [2.05, 4.69) is 0 Å². The predicted octanol–water partition coefficient (Wildman–Crippen LogP) is 4.37. The highest BCUT2D eigenvalue weighted by Gasteiger charge is 2.33. The summed E-state index contributed by atoms with van der Waals surface area (Å²) in [5.74, 6) is -0.0919. The van der Waals surface area contributed by atoms with E-state index in [4.69, 9.17) is 5.10 Å². The highest BCUT2D eigenvalue weighted by atomic mass is 19.4. The van der Waals surface area contributed by atoms with Gasteiger partial charge in [-0.05, 0) is 55.3 Å². The molecular weight excluding hydrogens is 445 g/mol. The molecule has 2 heterocycles. The lowest BCUT2D eigenvalue weighted by atomic mass is 10.1. The van der Waals surface area contributed by atoms with E-state index in [1.807, 2.05) is 36.4 Å². The Morgan fingerprint density at radius 1 is 0.824 bits per heavy atom. The van der Waals surface area contributed by atoms with E-state index in [1.165, 1.54) is 12.1 Å². The van der Waals surface area contributed by atoms with Crippen LogP contribution in [0, 0.1) is 0 Å². The van der Waals surface area contributed by atoms with Crippen molar-refractivity contribution in [3.63, 3.8) is 0 Å². The van der Waals surface area contributed by atoms with E-state index in [9.17, 15) is 22.8 Å². The molecule has 5 rings (SSSR count). The number of rotatable bonds is 4. The number of piperazine rings is 1. The Morgan fingerprint density at radius 3 is 1.97 bits per heavy atom. The third-order valence-corrected chi connectivity index (χ3v) is 6.26. The van der Waals surface area contributed by atoms with Gasteiger partial charge in [-0.25, -0.2) is 4.68 Å². The van der Waals surface area contributed by atoms with Gasteiger partial charge in [0.1, 0.15) is 5.69 Å². The molecule has 0 unspecified atom stereocenters. The lowest BCUT2D eigenvalue weighted by molar-refractivity contribution is -0.137. The molecule has 176 valence electrons. The van der Waals surface area contributed by atoms with Gasteiger partial charge in [-0.15, -0.1) is 0 Å². The smallest absolute Gasteiger partial charge is 0.335 e. The molecule has 0 bridgehead atoms. The molecule has 1 saturated heterocycles. The van der Waals surface area contributed by atoms with Gasteiger partial charge in [0.25, 0.3) is 11.8 Å². The molecule has 3 aromatic rings. The summed E-state index contributed by atoms with van der Waals surface area (Å²) in [6, 6.07) is 15.6. The number of alkyl halides is 3. The molecule has 0 radical (unpaired) electrons. The summed E-state index contributed by atoms with van der Waals surface area (Å²) in [5.41, 5.74) is 1.64. The fraction of sp³-hybridized carbons (Fsp3) is 0.320. The van der Waals surface area contributed by atoms with Gasteiger partial charge in [0.05, 0.1) is 16.9 Å². The minimum Gasteiger partial charge on any atom is -0.335 e. The van der Waals surface area contributed by atoms with Crippen LogP contribution in [0.5, 0.6) is 0 Å². The van der Waals surface area contributed by atoms with Gasteiger partial charge < -0.3 is 9.80 Å². The van der Waals surface area contributed by atoms with Gasteiger partial charge in [-0.3, -0.25) is 9.59 Å². The summed E-state index contributed by atoms with van der Waals surface area (Å²) >= 11 is 0. The maximum atomic E-state index is 13.4. The molecule has 1 saturated carbocycles. The molecule has 9 heteroatoms. The summed E-state index contributed by atoms with van der Waals surface area (Å²) in [7, 11) is 0. The van der Waals surface area contributed by atoms with E-state index in [1.54, 1.807) is 14.5 Å². The van der Waals surface area contributed by atoms with Crippen molar-refractivity contribution in [2.45, 2.75) is 24.9 Å². The molecular formula is C25H23F3N4O2. The number of nitrogens with zero attached hydrogens (tertiary/aromatic N) is 4. The number of aromatic nitrogens is 2. The van der Waals surface area contributed by atoms with Crippen LogP contribution in [0.4, 0.5) is 13.2 Å². The fourth-order valence-corrected chi connectivity index (χ4v) is 4.16. The lowest BCUT2D eigenvalue weighted by Gasteiger charge is -2.34. The van der Waals surface area contributed by atoms with Gasteiger partial charge >= 0.3 is 6.18 Å². The van der Waals surface area contributed by atoms with Crippen LogP contribution in [0.3, 0.4) is 0 Å². The Balaban J connectivity index is 1.28. The van der Waals surface area contributed by atoms with Gasteiger partial charge in [-0.2, -0.15) is 18.3 Å². The Labute approximate surface area is 194 Å². The first kappa shape index (κ1) is 22.2. The molecule has 1 aliphatic heterocycles. The second-order valence-corrected chi connectivity index (χ2v) is 8.64. The minimum atomic E-state index is -4.45. The van der Waals surface area contributed by atoms with Crippen LogP contribution in [0.25, 0.3) is 5.69 Å². The van der Waals surface area contributed by atoms with Crippen LogP contribution in [-0.4, -0.2) is 57.6 Å². The van der Waals surface area contributed by atoms with Crippen molar-refractivity contribution in [3.05, 3.63) is 83.2 Å². The number of benzene rings is 2. The summed E-state index contributed by atoms with van der Waals surface area (Å²) < 4.78 is 40.0. The van der Waals surface area contributed by atoms with Crippen LogP contribution in [0.15, 0.2) is 60.7 Å². The summed E-state index contributed by atoms with van der Waals surface area (Å²) in [6.07, 6.45) is -2.30. The molecule has 2 fully saturated rings. The Kier molecular flexibility index (Phi) is 5.63. The van der Waals surface area contributed by atoms with Gasteiger partial charge in [0.2, 0.25) is 0 Å². The number of carbonyl (C=O) groups is 2. The first-order valence-corrected chi connectivity index (χ1v) is 11.2. The fourth-order valence-electron chi connectivity index (χ4n) is 4.16. The molecule has 2 aromatic carbocycles. The average molecular weight is 468 g/mol. The second-order valence-electron chi connectivity index (χ2n) is 8.64. The van der Waals surface area contributed by atoms with Crippen molar-refractivity contribution < 1.29 is 22.8 Å². The van der Waals surface area contributed by atoms with Crippen LogP contribution in [0.1, 0.15) is 50.9 Å². The first-order valence-electron chi connectivity index (χ1n) is 11.2. The van der Waals surface area contributed by atoms with Gasteiger partial charge in [-0.1, -0.05) is 18.2 Å². The maximum Gasteiger partial charge on any atom is 0.416 e. The van der Waals surface area contributed by atoms with E-state index in [0.29, 0.717) is 37.8 Å². The molecule has 1 aromatic heterocycles. The van der Waals surface area contributed by atoms with Crippen LogP contribution in [0.2, 0.25) is 0 Å². The molecule has 34 heavy (non-hydrogen) atoms. The van der Waals surface area contributed by atoms with Crippen molar-refractivity contribution in [3.8, 4) is 5.69 Å². The Hall–Kier alpha value is -3.62. The molecule has 6 nitrogen and oxygen atoms in total. The molecule has 1 aliphatic carbocycles. The molecule has 2 amide bonds. The zero-order chi connectivity index (χ0) is 23.9. The van der Waals surface area contributed by atoms with Gasteiger partial charge in [0.15, 0.2) is 0 Å². The number of amides is 2.